The zero-order valence-electron chi connectivity index (χ0n) is 12.4. The SMILES string of the molecule is Cc1ccc(N2C(=O)[C@@H]3[C@H](CC=C[C@@H]3C)C2=O)cc1[N+](=O)[O-]. The molecule has 1 aliphatic heterocycles. The van der Waals surface area contributed by atoms with Crippen molar-refractivity contribution in [1.82, 2.24) is 0 Å². The summed E-state index contributed by atoms with van der Waals surface area (Å²) < 4.78 is 0. The van der Waals surface area contributed by atoms with E-state index in [0.29, 0.717) is 12.0 Å². The van der Waals surface area contributed by atoms with Gasteiger partial charge in [0.05, 0.1) is 22.4 Å². The molecular formula is C16H16N2O4. The normalized spacial score (nSPS) is 27.2. The number of carbonyl (C=O) groups is 2. The maximum absolute atomic E-state index is 12.6. The molecule has 1 saturated heterocycles. The molecule has 3 atom stereocenters. The van der Waals surface area contributed by atoms with Crippen LogP contribution in [0.1, 0.15) is 18.9 Å². The second-order valence-corrected chi connectivity index (χ2v) is 5.90. The summed E-state index contributed by atoms with van der Waals surface area (Å²) in [4.78, 5) is 36.9. The number of fused-ring (bicyclic) bond motifs is 1. The highest BCUT2D eigenvalue weighted by atomic mass is 16.6. The third-order valence-corrected chi connectivity index (χ3v) is 4.52. The zero-order chi connectivity index (χ0) is 16.0. The van der Waals surface area contributed by atoms with Gasteiger partial charge in [0.25, 0.3) is 5.69 Å². The summed E-state index contributed by atoms with van der Waals surface area (Å²) in [7, 11) is 0. The summed E-state index contributed by atoms with van der Waals surface area (Å²) >= 11 is 0. The van der Waals surface area contributed by atoms with Gasteiger partial charge in [-0.15, -0.1) is 0 Å². The number of nitro benzene ring substituents is 1. The lowest BCUT2D eigenvalue weighted by molar-refractivity contribution is -0.385. The summed E-state index contributed by atoms with van der Waals surface area (Å²) in [5.74, 6) is -1.24. The van der Waals surface area contributed by atoms with E-state index < -0.39 is 4.92 Å². The molecule has 0 saturated carbocycles. The lowest BCUT2D eigenvalue weighted by atomic mass is 9.78. The summed E-state index contributed by atoms with van der Waals surface area (Å²) in [5.41, 5.74) is 0.702. The van der Waals surface area contributed by atoms with Gasteiger partial charge >= 0.3 is 0 Å². The van der Waals surface area contributed by atoms with E-state index in [1.54, 1.807) is 19.1 Å². The average Bonchev–Trinajstić information content (AvgIpc) is 2.73. The molecular weight excluding hydrogens is 284 g/mol. The highest BCUT2D eigenvalue weighted by Crippen LogP contribution is 2.41. The maximum Gasteiger partial charge on any atom is 0.274 e. The predicted octanol–water partition coefficient (Wildman–Crippen LogP) is 2.60. The first-order valence-electron chi connectivity index (χ1n) is 7.21. The first kappa shape index (κ1) is 14.4. The van der Waals surface area contributed by atoms with E-state index in [4.69, 9.17) is 0 Å². The van der Waals surface area contributed by atoms with Crippen LogP contribution in [0.3, 0.4) is 0 Å². The Labute approximate surface area is 127 Å². The predicted molar refractivity (Wildman–Crippen MR) is 80.2 cm³/mol. The van der Waals surface area contributed by atoms with Crippen molar-refractivity contribution in [3.05, 3.63) is 46.0 Å². The Morgan fingerprint density at radius 1 is 1.27 bits per heavy atom. The molecule has 3 rings (SSSR count). The van der Waals surface area contributed by atoms with Gasteiger partial charge in [-0.1, -0.05) is 25.1 Å². The molecule has 6 nitrogen and oxygen atoms in total. The van der Waals surface area contributed by atoms with Crippen LogP contribution in [0, 0.1) is 34.8 Å². The topological polar surface area (TPSA) is 80.5 Å². The van der Waals surface area contributed by atoms with Gasteiger partial charge in [-0.2, -0.15) is 0 Å². The van der Waals surface area contributed by atoms with Crippen molar-refractivity contribution in [2.45, 2.75) is 20.3 Å². The quantitative estimate of drug-likeness (QED) is 0.364. The van der Waals surface area contributed by atoms with Crippen LogP contribution in [0.25, 0.3) is 0 Å². The van der Waals surface area contributed by atoms with Gasteiger partial charge in [-0.25, -0.2) is 4.90 Å². The standard InChI is InChI=1S/C16H16N2O4/c1-9-6-7-11(8-13(9)18(21)22)17-15(19)12-5-3-4-10(2)14(12)16(17)20/h3-4,6-8,10,12,14H,5H2,1-2H3/t10-,12-,14-/m0/s1. The van der Waals surface area contributed by atoms with Crippen molar-refractivity contribution >= 4 is 23.2 Å². The maximum atomic E-state index is 12.6. The molecule has 0 unspecified atom stereocenters. The van der Waals surface area contributed by atoms with Crippen molar-refractivity contribution in [2.24, 2.45) is 17.8 Å². The van der Waals surface area contributed by atoms with Gasteiger partial charge in [0.15, 0.2) is 0 Å². The number of imide groups is 1. The van der Waals surface area contributed by atoms with Crippen LogP contribution < -0.4 is 4.90 Å². The molecule has 1 aliphatic carbocycles. The van der Waals surface area contributed by atoms with E-state index in [2.05, 4.69) is 0 Å². The van der Waals surface area contributed by atoms with Gasteiger partial charge in [-0.3, -0.25) is 19.7 Å². The van der Waals surface area contributed by atoms with E-state index in [0.717, 1.165) is 4.90 Å². The molecule has 0 radical (unpaired) electrons. The molecule has 114 valence electrons. The molecule has 6 heteroatoms. The molecule has 0 bridgehead atoms. The Kier molecular flexibility index (Phi) is 3.31. The second kappa shape index (κ2) is 5.05. The Morgan fingerprint density at radius 2 is 2.00 bits per heavy atom. The van der Waals surface area contributed by atoms with Crippen molar-refractivity contribution in [1.29, 1.82) is 0 Å². The lowest BCUT2D eigenvalue weighted by Crippen LogP contribution is -2.31. The fourth-order valence-electron chi connectivity index (χ4n) is 3.34. The molecule has 1 aromatic rings. The molecule has 0 aromatic heterocycles. The van der Waals surface area contributed by atoms with Gasteiger partial charge in [0, 0.05) is 11.6 Å². The highest BCUT2D eigenvalue weighted by molar-refractivity contribution is 6.22. The first-order valence-corrected chi connectivity index (χ1v) is 7.21. The molecule has 1 fully saturated rings. The minimum absolute atomic E-state index is 0.000587. The van der Waals surface area contributed by atoms with Crippen molar-refractivity contribution < 1.29 is 14.5 Å². The largest absolute Gasteiger partial charge is 0.274 e. The summed E-state index contributed by atoms with van der Waals surface area (Å²) in [6.45, 7) is 3.54. The van der Waals surface area contributed by atoms with Crippen molar-refractivity contribution in [2.75, 3.05) is 4.90 Å². The van der Waals surface area contributed by atoms with Crippen LogP contribution in [0.15, 0.2) is 30.4 Å². The van der Waals surface area contributed by atoms with Crippen LogP contribution >= 0.6 is 0 Å². The fraction of sp³-hybridized carbons (Fsp3) is 0.375. The molecule has 22 heavy (non-hydrogen) atoms. The van der Waals surface area contributed by atoms with E-state index in [-0.39, 0.29) is 40.9 Å². The number of hydrogen-bond acceptors (Lipinski definition) is 4. The number of allylic oxidation sites excluding steroid dienone is 2. The molecule has 1 heterocycles. The molecule has 2 amide bonds. The molecule has 1 aromatic carbocycles. The van der Waals surface area contributed by atoms with Crippen LogP contribution in [-0.4, -0.2) is 16.7 Å². The molecule has 0 N–H and O–H groups in total. The number of carbonyl (C=O) groups excluding carboxylic acids is 2. The van der Waals surface area contributed by atoms with Gasteiger partial charge in [0.1, 0.15) is 0 Å². The number of anilines is 1. The highest BCUT2D eigenvalue weighted by Gasteiger charge is 2.50. The van der Waals surface area contributed by atoms with E-state index in [1.165, 1.54) is 6.07 Å². The van der Waals surface area contributed by atoms with Gasteiger partial charge < -0.3 is 0 Å². The zero-order valence-corrected chi connectivity index (χ0v) is 12.4. The number of hydrogen-bond donors (Lipinski definition) is 0. The third-order valence-electron chi connectivity index (χ3n) is 4.52. The van der Waals surface area contributed by atoms with Crippen LogP contribution in [0.4, 0.5) is 11.4 Å². The smallest absolute Gasteiger partial charge is 0.274 e. The minimum Gasteiger partial charge on any atom is -0.274 e. The number of nitrogens with zero attached hydrogens (tertiary/aromatic N) is 2. The molecule has 2 aliphatic rings. The number of aryl methyl sites for hydroxylation is 1. The minimum atomic E-state index is -0.499. The first-order chi connectivity index (χ1) is 10.4. The Morgan fingerprint density at radius 3 is 2.64 bits per heavy atom. The summed E-state index contributed by atoms with van der Waals surface area (Å²) in [6.07, 6.45) is 4.43. The fourth-order valence-corrected chi connectivity index (χ4v) is 3.34. The van der Waals surface area contributed by atoms with Gasteiger partial charge in [-0.05, 0) is 25.3 Å². The van der Waals surface area contributed by atoms with Crippen molar-refractivity contribution in [3.63, 3.8) is 0 Å². The number of nitro groups is 1. The van der Waals surface area contributed by atoms with E-state index in [1.807, 2.05) is 19.1 Å². The third kappa shape index (κ3) is 2.03. The second-order valence-electron chi connectivity index (χ2n) is 5.90. The number of rotatable bonds is 2. The monoisotopic (exact) mass is 300 g/mol. The van der Waals surface area contributed by atoms with E-state index in [9.17, 15) is 19.7 Å². The summed E-state index contributed by atoms with van der Waals surface area (Å²) in [5, 5.41) is 11.1. The van der Waals surface area contributed by atoms with Crippen molar-refractivity contribution in [3.8, 4) is 0 Å². The van der Waals surface area contributed by atoms with Crippen LogP contribution in [-0.2, 0) is 9.59 Å². The van der Waals surface area contributed by atoms with Gasteiger partial charge in [0.2, 0.25) is 11.8 Å². The molecule has 0 spiro atoms. The lowest BCUT2D eigenvalue weighted by Gasteiger charge is -2.22. The van der Waals surface area contributed by atoms with Crippen LogP contribution in [0.5, 0.6) is 0 Å². The number of amides is 2. The summed E-state index contributed by atoms with van der Waals surface area (Å²) in [6, 6.07) is 4.46. The average molecular weight is 300 g/mol. The van der Waals surface area contributed by atoms with E-state index >= 15 is 0 Å². The van der Waals surface area contributed by atoms with Crippen LogP contribution in [0.2, 0.25) is 0 Å². The Hall–Kier alpha value is -2.50. The number of benzene rings is 1. The Balaban J connectivity index is 2.03. The Bertz CT molecular complexity index is 710.